The fourth-order valence-corrected chi connectivity index (χ4v) is 3.47. The topological polar surface area (TPSA) is 69.1 Å². The molecule has 0 bridgehead atoms. The van der Waals surface area contributed by atoms with Crippen molar-refractivity contribution in [2.45, 2.75) is 44.1 Å². The molecular weight excluding hydrogens is 222 g/mol. The summed E-state index contributed by atoms with van der Waals surface area (Å²) >= 11 is 1.61. The second-order valence-electron chi connectivity index (χ2n) is 4.74. The predicted molar refractivity (Wildman–Crippen MR) is 62.5 cm³/mol. The van der Waals surface area contributed by atoms with E-state index in [1.807, 2.05) is 0 Å². The van der Waals surface area contributed by atoms with Gasteiger partial charge in [-0.1, -0.05) is 31.1 Å². The summed E-state index contributed by atoms with van der Waals surface area (Å²) in [5, 5.41) is 13.5. The highest BCUT2D eigenvalue weighted by molar-refractivity contribution is 7.16. The molecule has 2 N–H and O–H groups in total. The second-order valence-corrected chi connectivity index (χ2v) is 5.69. The average molecular weight is 237 g/mol. The highest BCUT2D eigenvalue weighted by Gasteiger charge is 2.39. The number of nitrogens with zero attached hydrogens (tertiary/aromatic N) is 4. The van der Waals surface area contributed by atoms with Crippen molar-refractivity contribution in [1.82, 2.24) is 19.8 Å². The van der Waals surface area contributed by atoms with Crippen LogP contribution in [-0.2, 0) is 5.41 Å². The summed E-state index contributed by atoms with van der Waals surface area (Å²) in [6, 6.07) is 0.213. The summed E-state index contributed by atoms with van der Waals surface area (Å²) in [5.74, 6) is 0. The summed E-state index contributed by atoms with van der Waals surface area (Å²) in [7, 11) is 0. The van der Waals surface area contributed by atoms with E-state index in [2.05, 4.69) is 22.2 Å². The van der Waals surface area contributed by atoms with Crippen LogP contribution in [0.1, 0.15) is 37.6 Å². The summed E-state index contributed by atoms with van der Waals surface area (Å²) in [4.78, 5) is 0.856. The van der Waals surface area contributed by atoms with E-state index >= 15 is 0 Å². The van der Waals surface area contributed by atoms with Crippen molar-refractivity contribution >= 4 is 16.3 Å². The van der Waals surface area contributed by atoms with Gasteiger partial charge in [0.2, 0.25) is 4.96 Å². The molecule has 6 heteroatoms. The van der Waals surface area contributed by atoms with E-state index in [9.17, 15) is 0 Å². The fourth-order valence-electron chi connectivity index (χ4n) is 2.42. The predicted octanol–water partition coefficient (Wildman–Crippen LogP) is 1.34. The maximum atomic E-state index is 6.26. The van der Waals surface area contributed by atoms with Crippen LogP contribution in [0.5, 0.6) is 0 Å². The SMILES string of the molecule is CC1(c2nn3cnnc3s2)CCCCC1N. The van der Waals surface area contributed by atoms with E-state index in [1.165, 1.54) is 12.8 Å². The Hall–Kier alpha value is -1.01. The van der Waals surface area contributed by atoms with Crippen LogP contribution in [0, 0.1) is 0 Å². The molecule has 1 fully saturated rings. The zero-order chi connectivity index (χ0) is 11.2. The maximum Gasteiger partial charge on any atom is 0.234 e. The van der Waals surface area contributed by atoms with Crippen molar-refractivity contribution in [3.63, 3.8) is 0 Å². The van der Waals surface area contributed by atoms with Crippen molar-refractivity contribution in [2.24, 2.45) is 5.73 Å². The number of hydrogen-bond acceptors (Lipinski definition) is 5. The Morgan fingerprint density at radius 3 is 3.19 bits per heavy atom. The van der Waals surface area contributed by atoms with Crippen LogP contribution in [-0.4, -0.2) is 25.9 Å². The molecule has 0 aliphatic heterocycles. The summed E-state index contributed by atoms with van der Waals surface area (Å²) in [6.07, 6.45) is 6.34. The quantitative estimate of drug-likeness (QED) is 0.812. The molecule has 0 radical (unpaired) electrons. The van der Waals surface area contributed by atoms with E-state index in [-0.39, 0.29) is 11.5 Å². The minimum atomic E-state index is 0.0175. The molecule has 16 heavy (non-hydrogen) atoms. The maximum absolute atomic E-state index is 6.26. The third-order valence-electron chi connectivity index (χ3n) is 3.65. The molecule has 0 saturated heterocycles. The van der Waals surface area contributed by atoms with Crippen LogP contribution in [0.25, 0.3) is 4.96 Å². The van der Waals surface area contributed by atoms with Crippen molar-refractivity contribution in [2.75, 3.05) is 0 Å². The number of fused-ring (bicyclic) bond motifs is 1. The molecule has 2 aromatic rings. The summed E-state index contributed by atoms with van der Waals surface area (Å²) in [5.41, 5.74) is 6.27. The second kappa shape index (κ2) is 3.49. The first kappa shape index (κ1) is 10.2. The highest BCUT2D eigenvalue weighted by atomic mass is 32.1. The van der Waals surface area contributed by atoms with E-state index in [4.69, 9.17) is 5.73 Å². The van der Waals surface area contributed by atoms with Crippen LogP contribution >= 0.6 is 11.3 Å². The van der Waals surface area contributed by atoms with E-state index in [0.717, 1.165) is 22.8 Å². The van der Waals surface area contributed by atoms with Gasteiger partial charge in [0.15, 0.2) is 0 Å². The highest BCUT2D eigenvalue weighted by Crippen LogP contribution is 2.39. The Balaban J connectivity index is 2.04. The Morgan fingerprint density at radius 2 is 2.44 bits per heavy atom. The molecule has 2 atom stereocenters. The van der Waals surface area contributed by atoms with Crippen molar-refractivity contribution < 1.29 is 0 Å². The molecule has 1 saturated carbocycles. The first-order chi connectivity index (χ1) is 7.70. The van der Waals surface area contributed by atoms with E-state index in [1.54, 1.807) is 22.2 Å². The number of aromatic nitrogens is 4. The third kappa shape index (κ3) is 1.36. The van der Waals surface area contributed by atoms with Gasteiger partial charge in [-0.15, -0.1) is 10.2 Å². The Labute approximate surface area is 97.7 Å². The molecule has 0 spiro atoms. The lowest BCUT2D eigenvalue weighted by molar-refractivity contribution is 0.269. The molecule has 0 aromatic carbocycles. The zero-order valence-corrected chi connectivity index (χ0v) is 10.1. The van der Waals surface area contributed by atoms with Crippen LogP contribution < -0.4 is 5.73 Å². The molecule has 2 aromatic heterocycles. The average Bonchev–Trinajstić information content (AvgIpc) is 2.82. The van der Waals surface area contributed by atoms with Gasteiger partial charge in [-0.05, 0) is 12.8 Å². The fraction of sp³-hybridized carbons (Fsp3) is 0.700. The van der Waals surface area contributed by atoms with Gasteiger partial charge < -0.3 is 5.73 Å². The first-order valence-corrected chi connectivity index (χ1v) is 6.45. The molecule has 2 unspecified atom stereocenters. The first-order valence-electron chi connectivity index (χ1n) is 5.63. The zero-order valence-electron chi connectivity index (χ0n) is 9.26. The van der Waals surface area contributed by atoms with Crippen molar-refractivity contribution in [1.29, 1.82) is 0 Å². The number of hydrogen-bond donors (Lipinski definition) is 1. The molecule has 0 amide bonds. The molecule has 86 valence electrons. The van der Waals surface area contributed by atoms with Gasteiger partial charge >= 0.3 is 0 Å². The van der Waals surface area contributed by atoms with Crippen LogP contribution in [0.2, 0.25) is 0 Å². The molecule has 1 aliphatic rings. The molecule has 5 nitrogen and oxygen atoms in total. The van der Waals surface area contributed by atoms with Gasteiger partial charge in [-0.3, -0.25) is 0 Å². The van der Waals surface area contributed by atoms with Crippen LogP contribution in [0.3, 0.4) is 0 Å². The molecule has 3 rings (SSSR count). The van der Waals surface area contributed by atoms with Crippen molar-refractivity contribution in [3.8, 4) is 0 Å². The normalized spacial score (nSPS) is 31.0. The Bertz CT molecular complexity index is 476. The lowest BCUT2D eigenvalue weighted by Gasteiger charge is -2.37. The standard InChI is InChI=1S/C10H15N5S/c1-10(5-3-2-4-7(10)11)8-14-15-6-12-13-9(15)16-8/h6-7H,2-5,11H2,1H3. The molecular formula is C10H15N5S. The van der Waals surface area contributed by atoms with Gasteiger partial charge in [0.1, 0.15) is 11.3 Å². The van der Waals surface area contributed by atoms with Gasteiger partial charge in [0.25, 0.3) is 0 Å². The van der Waals surface area contributed by atoms with Gasteiger partial charge in [0, 0.05) is 11.5 Å². The van der Waals surface area contributed by atoms with E-state index < -0.39 is 0 Å². The minimum Gasteiger partial charge on any atom is -0.327 e. The lowest BCUT2D eigenvalue weighted by Crippen LogP contribution is -2.45. The smallest absolute Gasteiger partial charge is 0.234 e. The summed E-state index contributed by atoms with van der Waals surface area (Å²) < 4.78 is 1.74. The Morgan fingerprint density at radius 1 is 1.56 bits per heavy atom. The van der Waals surface area contributed by atoms with Crippen LogP contribution in [0.15, 0.2) is 6.33 Å². The van der Waals surface area contributed by atoms with Gasteiger partial charge in [0.05, 0.1) is 0 Å². The Kier molecular flexibility index (Phi) is 2.22. The van der Waals surface area contributed by atoms with Gasteiger partial charge in [-0.2, -0.15) is 9.61 Å². The lowest BCUT2D eigenvalue weighted by atomic mass is 9.72. The third-order valence-corrected chi connectivity index (χ3v) is 4.85. The summed E-state index contributed by atoms with van der Waals surface area (Å²) in [6.45, 7) is 2.22. The number of rotatable bonds is 1. The van der Waals surface area contributed by atoms with Crippen molar-refractivity contribution in [3.05, 3.63) is 11.3 Å². The molecule has 1 aliphatic carbocycles. The number of nitrogens with two attached hydrogens (primary N) is 1. The largest absolute Gasteiger partial charge is 0.327 e. The van der Waals surface area contributed by atoms with Crippen LogP contribution in [0.4, 0.5) is 0 Å². The van der Waals surface area contributed by atoms with E-state index in [0.29, 0.717) is 0 Å². The van der Waals surface area contributed by atoms with Gasteiger partial charge in [-0.25, -0.2) is 0 Å². The minimum absolute atomic E-state index is 0.0175. The molecule has 2 heterocycles. The monoisotopic (exact) mass is 237 g/mol.